The summed E-state index contributed by atoms with van der Waals surface area (Å²) in [7, 11) is 0. The van der Waals surface area contributed by atoms with Crippen LogP contribution < -0.4 is 0 Å². The fourth-order valence-corrected chi connectivity index (χ4v) is 1.74. The summed E-state index contributed by atoms with van der Waals surface area (Å²) < 4.78 is 0.339. The van der Waals surface area contributed by atoms with Crippen LogP contribution in [0.1, 0.15) is 11.1 Å². The summed E-state index contributed by atoms with van der Waals surface area (Å²) in [5.41, 5.74) is 1.10. The smallest absolute Gasteiger partial charge is 0.307 e. The number of carboxylic acids is 1. The van der Waals surface area contributed by atoms with Gasteiger partial charge in [0.25, 0.3) is 5.69 Å². The second-order valence-corrected chi connectivity index (χ2v) is 3.80. The molecule has 15 heavy (non-hydrogen) atoms. The van der Waals surface area contributed by atoms with E-state index in [9.17, 15) is 14.9 Å². The van der Waals surface area contributed by atoms with Crippen LogP contribution in [0.5, 0.6) is 0 Å². The maximum Gasteiger partial charge on any atom is 0.307 e. The van der Waals surface area contributed by atoms with Gasteiger partial charge in [0.2, 0.25) is 0 Å². The van der Waals surface area contributed by atoms with Crippen molar-refractivity contribution in [3.05, 3.63) is 37.8 Å². The van der Waals surface area contributed by atoms with E-state index < -0.39 is 10.9 Å². The summed E-state index contributed by atoms with van der Waals surface area (Å²) in [4.78, 5) is 20.6. The summed E-state index contributed by atoms with van der Waals surface area (Å²) in [5, 5.41) is 19.2. The van der Waals surface area contributed by atoms with E-state index >= 15 is 0 Å². The van der Waals surface area contributed by atoms with Crippen LogP contribution in [0, 0.1) is 17.0 Å². The lowest BCUT2D eigenvalue weighted by molar-refractivity contribution is -0.385. The van der Waals surface area contributed by atoms with Crippen LogP contribution in [0.3, 0.4) is 0 Å². The van der Waals surface area contributed by atoms with Gasteiger partial charge < -0.3 is 5.11 Å². The highest BCUT2D eigenvalue weighted by atomic mass is 79.9. The topological polar surface area (TPSA) is 80.4 Å². The summed E-state index contributed by atoms with van der Waals surface area (Å²) in [5.74, 6) is -0.959. The molecule has 1 N–H and O–H groups in total. The van der Waals surface area contributed by atoms with E-state index in [1.54, 1.807) is 6.92 Å². The van der Waals surface area contributed by atoms with Crippen molar-refractivity contribution in [1.29, 1.82) is 0 Å². The number of nitrogens with zero attached hydrogens (tertiary/aromatic N) is 1. The fourth-order valence-electron chi connectivity index (χ4n) is 1.21. The van der Waals surface area contributed by atoms with E-state index in [4.69, 9.17) is 5.11 Å². The zero-order valence-electron chi connectivity index (χ0n) is 7.86. The van der Waals surface area contributed by atoms with Crippen LogP contribution in [-0.2, 0) is 11.2 Å². The third-order valence-electron chi connectivity index (χ3n) is 2.02. The minimum Gasteiger partial charge on any atom is -0.481 e. The SMILES string of the molecule is Cc1c(CC(=O)O)ccc([N+](=O)[O-])c1Br. The average Bonchev–Trinajstić information content (AvgIpc) is 2.12. The highest BCUT2D eigenvalue weighted by molar-refractivity contribution is 9.10. The molecule has 0 saturated carbocycles. The number of nitro groups is 1. The first-order chi connectivity index (χ1) is 6.93. The van der Waals surface area contributed by atoms with E-state index in [2.05, 4.69) is 15.9 Å². The summed E-state index contributed by atoms with van der Waals surface area (Å²) >= 11 is 3.09. The first-order valence-corrected chi connectivity index (χ1v) is 4.87. The Labute approximate surface area is 94.0 Å². The minimum atomic E-state index is -0.959. The molecule has 0 bridgehead atoms. The van der Waals surface area contributed by atoms with E-state index in [0.717, 1.165) is 0 Å². The van der Waals surface area contributed by atoms with Gasteiger partial charge in [-0.25, -0.2) is 0 Å². The number of hydrogen-bond acceptors (Lipinski definition) is 3. The molecule has 0 radical (unpaired) electrons. The maximum absolute atomic E-state index is 10.6. The molecule has 0 heterocycles. The summed E-state index contributed by atoms with van der Waals surface area (Å²) in [6, 6.07) is 2.77. The predicted octanol–water partition coefficient (Wildman–Crippen LogP) is 2.29. The van der Waals surface area contributed by atoms with Gasteiger partial charge in [-0.05, 0) is 34.0 Å². The molecule has 0 amide bonds. The van der Waals surface area contributed by atoms with Crippen molar-refractivity contribution in [3.8, 4) is 0 Å². The van der Waals surface area contributed by atoms with Crippen molar-refractivity contribution in [2.75, 3.05) is 0 Å². The van der Waals surface area contributed by atoms with Crippen LogP contribution >= 0.6 is 15.9 Å². The van der Waals surface area contributed by atoms with E-state index in [0.29, 0.717) is 15.6 Å². The lowest BCUT2D eigenvalue weighted by atomic mass is 10.1. The minimum absolute atomic E-state index is 0.0540. The Bertz CT molecular complexity index is 430. The van der Waals surface area contributed by atoms with Gasteiger partial charge in [-0.2, -0.15) is 0 Å². The Balaban J connectivity index is 3.21. The molecule has 0 saturated heterocycles. The number of nitro benzene ring substituents is 1. The molecule has 0 fully saturated rings. The van der Waals surface area contributed by atoms with Gasteiger partial charge in [0.1, 0.15) is 0 Å². The molecule has 0 unspecified atom stereocenters. The molecule has 1 rings (SSSR count). The Hall–Kier alpha value is -1.43. The van der Waals surface area contributed by atoms with Gasteiger partial charge in [0, 0.05) is 6.07 Å². The number of hydrogen-bond donors (Lipinski definition) is 1. The van der Waals surface area contributed by atoms with Gasteiger partial charge in [-0.15, -0.1) is 0 Å². The first-order valence-electron chi connectivity index (χ1n) is 4.07. The summed E-state index contributed by atoms with van der Waals surface area (Å²) in [6.07, 6.45) is -0.136. The molecule has 0 aromatic heterocycles. The molecule has 0 aliphatic heterocycles. The number of rotatable bonds is 3. The molecule has 0 atom stereocenters. The van der Waals surface area contributed by atoms with Crippen LogP contribution in [0.2, 0.25) is 0 Å². The van der Waals surface area contributed by atoms with E-state index in [-0.39, 0.29) is 12.1 Å². The van der Waals surface area contributed by atoms with Gasteiger partial charge in [-0.3, -0.25) is 14.9 Å². The third-order valence-corrected chi connectivity index (χ3v) is 3.02. The van der Waals surface area contributed by atoms with Gasteiger partial charge in [0.05, 0.1) is 15.8 Å². The molecule has 1 aromatic carbocycles. The van der Waals surface area contributed by atoms with Crippen molar-refractivity contribution in [3.63, 3.8) is 0 Å². The van der Waals surface area contributed by atoms with Crippen molar-refractivity contribution >= 4 is 27.6 Å². The maximum atomic E-state index is 10.6. The van der Waals surface area contributed by atoms with Gasteiger partial charge in [-0.1, -0.05) is 6.07 Å². The normalized spacial score (nSPS) is 10.0. The highest BCUT2D eigenvalue weighted by Crippen LogP contribution is 2.30. The van der Waals surface area contributed by atoms with Gasteiger partial charge >= 0.3 is 5.97 Å². The molecular weight excluding hydrogens is 266 g/mol. The molecule has 80 valence electrons. The second kappa shape index (κ2) is 4.39. The molecule has 6 heteroatoms. The Morgan fingerprint density at radius 3 is 2.67 bits per heavy atom. The standard InChI is InChI=1S/C9H8BrNO4/c1-5-6(4-8(12)13)2-3-7(9(5)10)11(14)15/h2-3H,4H2,1H3,(H,12,13). The van der Waals surface area contributed by atoms with E-state index in [1.807, 2.05) is 0 Å². The average molecular weight is 274 g/mol. The van der Waals surface area contributed by atoms with Crippen molar-refractivity contribution in [2.24, 2.45) is 0 Å². The van der Waals surface area contributed by atoms with Crippen molar-refractivity contribution in [2.45, 2.75) is 13.3 Å². The summed E-state index contributed by atoms with van der Waals surface area (Å²) in [6.45, 7) is 1.65. The zero-order valence-corrected chi connectivity index (χ0v) is 9.44. The molecule has 1 aromatic rings. The van der Waals surface area contributed by atoms with Crippen LogP contribution in [0.25, 0.3) is 0 Å². The van der Waals surface area contributed by atoms with Crippen molar-refractivity contribution in [1.82, 2.24) is 0 Å². The number of halogens is 1. The van der Waals surface area contributed by atoms with Crippen LogP contribution in [-0.4, -0.2) is 16.0 Å². The lowest BCUT2D eigenvalue weighted by Crippen LogP contribution is -2.03. The zero-order chi connectivity index (χ0) is 11.6. The Kier molecular flexibility index (Phi) is 3.41. The number of aliphatic carboxylic acids is 1. The molecule has 0 aliphatic carbocycles. The Morgan fingerprint density at radius 1 is 1.60 bits per heavy atom. The highest BCUT2D eigenvalue weighted by Gasteiger charge is 2.16. The monoisotopic (exact) mass is 273 g/mol. The molecular formula is C9H8BrNO4. The van der Waals surface area contributed by atoms with Crippen molar-refractivity contribution < 1.29 is 14.8 Å². The van der Waals surface area contributed by atoms with Crippen LogP contribution in [0.15, 0.2) is 16.6 Å². The number of benzene rings is 1. The number of carboxylic acid groups (broad SMARTS) is 1. The first kappa shape index (κ1) is 11.6. The molecule has 5 nitrogen and oxygen atoms in total. The lowest BCUT2D eigenvalue weighted by Gasteiger charge is -2.05. The van der Waals surface area contributed by atoms with Crippen LogP contribution in [0.4, 0.5) is 5.69 Å². The molecule has 0 spiro atoms. The van der Waals surface area contributed by atoms with Gasteiger partial charge in [0.15, 0.2) is 0 Å². The predicted molar refractivity (Wildman–Crippen MR) is 56.9 cm³/mol. The fraction of sp³-hybridized carbons (Fsp3) is 0.222. The quantitative estimate of drug-likeness (QED) is 0.677. The van der Waals surface area contributed by atoms with E-state index in [1.165, 1.54) is 12.1 Å². The third kappa shape index (κ3) is 2.53. The molecule has 0 aliphatic rings. The largest absolute Gasteiger partial charge is 0.481 e. The Morgan fingerprint density at radius 2 is 2.20 bits per heavy atom. The second-order valence-electron chi connectivity index (χ2n) is 3.01. The number of carbonyl (C=O) groups is 1.